The summed E-state index contributed by atoms with van der Waals surface area (Å²) in [4.78, 5) is 0. The SMILES string of the molecule is FC(F)Oc1ccccc1C1Oc2ccccc2C2CC(c3ccc(-c4ccccc4)cc3)=NN21. The van der Waals surface area contributed by atoms with Gasteiger partial charge in [-0.25, -0.2) is 5.01 Å². The number of hydrogen-bond donors (Lipinski definition) is 0. The molecule has 0 saturated carbocycles. The molecule has 0 amide bonds. The zero-order valence-electron chi connectivity index (χ0n) is 18.7. The average Bonchev–Trinajstić information content (AvgIpc) is 3.35. The van der Waals surface area contributed by atoms with Crippen molar-refractivity contribution in [2.75, 3.05) is 0 Å². The van der Waals surface area contributed by atoms with E-state index < -0.39 is 12.8 Å². The van der Waals surface area contributed by atoms with Gasteiger partial charge in [-0.1, -0.05) is 84.9 Å². The van der Waals surface area contributed by atoms with Gasteiger partial charge in [0.1, 0.15) is 11.5 Å². The molecule has 4 nitrogen and oxygen atoms in total. The molecule has 0 fully saturated rings. The molecule has 0 aliphatic carbocycles. The Morgan fingerprint density at radius 1 is 0.743 bits per heavy atom. The summed E-state index contributed by atoms with van der Waals surface area (Å²) in [7, 11) is 0. The van der Waals surface area contributed by atoms with Gasteiger partial charge in [0.05, 0.1) is 17.3 Å². The van der Waals surface area contributed by atoms with E-state index >= 15 is 0 Å². The summed E-state index contributed by atoms with van der Waals surface area (Å²) in [6, 6.07) is 33.0. The Labute approximate surface area is 202 Å². The summed E-state index contributed by atoms with van der Waals surface area (Å²) in [5, 5.41) is 6.81. The Hall–Kier alpha value is -4.19. The van der Waals surface area contributed by atoms with Crippen LogP contribution in [-0.4, -0.2) is 17.3 Å². The molecule has 6 rings (SSSR count). The van der Waals surface area contributed by atoms with Crippen LogP contribution < -0.4 is 9.47 Å². The zero-order valence-corrected chi connectivity index (χ0v) is 18.7. The number of fused-ring (bicyclic) bond motifs is 3. The maximum atomic E-state index is 13.1. The Balaban J connectivity index is 1.38. The lowest BCUT2D eigenvalue weighted by molar-refractivity contribution is -0.0578. The lowest BCUT2D eigenvalue weighted by atomic mass is 9.95. The van der Waals surface area contributed by atoms with Crippen molar-refractivity contribution < 1.29 is 18.3 Å². The highest BCUT2D eigenvalue weighted by molar-refractivity contribution is 6.02. The second-order valence-corrected chi connectivity index (χ2v) is 8.51. The maximum absolute atomic E-state index is 13.1. The fraction of sp³-hybridized carbons (Fsp3) is 0.138. The van der Waals surface area contributed by atoms with Gasteiger partial charge >= 0.3 is 6.61 Å². The lowest BCUT2D eigenvalue weighted by Gasteiger charge is -2.38. The van der Waals surface area contributed by atoms with E-state index in [1.165, 1.54) is 6.07 Å². The van der Waals surface area contributed by atoms with E-state index in [1.54, 1.807) is 18.2 Å². The quantitative estimate of drug-likeness (QED) is 0.311. The highest BCUT2D eigenvalue weighted by Crippen LogP contribution is 2.48. The minimum Gasteiger partial charge on any atom is -0.464 e. The van der Waals surface area contributed by atoms with Gasteiger partial charge in [0.25, 0.3) is 0 Å². The summed E-state index contributed by atoms with van der Waals surface area (Å²) in [5.74, 6) is 0.808. The van der Waals surface area contributed by atoms with Crippen LogP contribution >= 0.6 is 0 Å². The second-order valence-electron chi connectivity index (χ2n) is 8.51. The number of hydrogen-bond acceptors (Lipinski definition) is 4. The molecular formula is C29H22F2N2O2. The number of halogens is 2. The smallest absolute Gasteiger partial charge is 0.387 e. The van der Waals surface area contributed by atoms with Crippen LogP contribution in [0.5, 0.6) is 11.5 Å². The Kier molecular flexibility index (Phi) is 5.41. The number of hydrazone groups is 1. The molecule has 0 N–H and O–H groups in total. The Morgan fingerprint density at radius 3 is 2.14 bits per heavy atom. The summed E-state index contributed by atoms with van der Waals surface area (Å²) in [6.07, 6.45) is -0.00895. The van der Waals surface area contributed by atoms with Gasteiger partial charge in [0, 0.05) is 12.0 Å². The second kappa shape index (κ2) is 8.87. The van der Waals surface area contributed by atoms with Crippen molar-refractivity contribution in [2.24, 2.45) is 5.10 Å². The van der Waals surface area contributed by atoms with Crippen molar-refractivity contribution >= 4 is 5.71 Å². The summed E-state index contributed by atoms with van der Waals surface area (Å²) < 4.78 is 37.3. The van der Waals surface area contributed by atoms with Crippen molar-refractivity contribution in [1.29, 1.82) is 0 Å². The molecule has 0 aromatic heterocycles. The third-order valence-electron chi connectivity index (χ3n) is 6.43. The Morgan fingerprint density at radius 2 is 1.37 bits per heavy atom. The minimum absolute atomic E-state index is 0.0756. The molecule has 4 aromatic carbocycles. The molecule has 2 aliphatic rings. The first-order valence-electron chi connectivity index (χ1n) is 11.5. The van der Waals surface area contributed by atoms with Crippen LogP contribution in [0.1, 0.15) is 35.4 Å². The highest BCUT2D eigenvalue weighted by Gasteiger charge is 2.42. The predicted molar refractivity (Wildman–Crippen MR) is 130 cm³/mol. The van der Waals surface area contributed by atoms with Crippen molar-refractivity contribution in [3.63, 3.8) is 0 Å². The van der Waals surface area contributed by atoms with E-state index in [1.807, 2.05) is 47.5 Å². The van der Waals surface area contributed by atoms with Gasteiger partial charge in [-0.2, -0.15) is 13.9 Å². The number of nitrogens with zero attached hydrogens (tertiary/aromatic N) is 2. The van der Waals surface area contributed by atoms with E-state index in [2.05, 4.69) is 36.4 Å². The molecule has 0 saturated heterocycles. The van der Waals surface area contributed by atoms with Crippen molar-refractivity contribution in [1.82, 2.24) is 5.01 Å². The van der Waals surface area contributed by atoms with Gasteiger partial charge in [-0.05, 0) is 34.9 Å². The summed E-state index contributed by atoms with van der Waals surface area (Å²) in [6.45, 7) is -2.93. The van der Waals surface area contributed by atoms with Crippen LogP contribution in [0.4, 0.5) is 8.78 Å². The fourth-order valence-electron chi connectivity index (χ4n) is 4.79. The maximum Gasteiger partial charge on any atom is 0.387 e. The number of rotatable bonds is 5. The van der Waals surface area contributed by atoms with E-state index in [-0.39, 0.29) is 11.8 Å². The fourth-order valence-corrected chi connectivity index (χ4v) is 4.79. The van der Waals surface area contributed by atoms with Gasteiger partial charge in [-0.15, -0.1) is 0 Å². The molecule has 2 atom stereocenters. The topological polar surface area (TPSA) is 34.1 Å². The monoisotopic (exact) mass is 468 g/mol. The van der Waals surface area contributed by atoms with Gasteiger partial charge in [-0.3, -0.25) is 0 Å². The van der Waals surface area contributed by atoms with Crippen molar-refractivity contribution in [3.8, 4) is 22.6 Å². The average molecular weight is 469 g/mol. The van der Waals surface area contributed by atoms with Crippen molar-refractivity contribution in [3.05, 3.63) is 120 Å². The zero-order chi connectivity index (χ0) is 23.8. The number of para-hydroxylation sites is 2. The molecule has 6 heteroatoms. The first-order chi connectivity index (χ1) is 17.2. The van der Waals surface area contributed by atoms with Crippen LogP contribution in [0.25, 0.3) is 11.1 Å². The molecule has 174 valence electrons. The van der Waals surface area contributed by atoms with Crippen molar-refractivity contribution in [2.45, 2.75) is 25.3 Å². The van der Waals surface area contributed by atoms with Gasteiger partial charge in [0.2, 0.25) is 6.23 Å². The molecule has 2 unspecified atom stereocenters. The van der Waals surface area contributed by atoms with Crippen LogP contribution in [0.15, 0.2) is 108 Å². The molecule has 2 heterocycles. The van der Waals surface area contributed by atoms with E-state index in [4.69, 9.17) is 14.6 Å². The third kappa shape index (κ3) is 4.01. The lowest BCUT2D eigenvalue weighted by Crippen LogP contribution is -2.34. The number of ether oxygens (including phenoxy) is 2. The minimum atomic E-state index is -2.93. The molecule has 35 heavy (non-hydrogen) atoms. The molecule has 2 aliphatic heterocycles. The van der Waals surface area contributed by atoms with Gasteiger partial charge < -0.3 is 9.47 Å². The number of benzene rings is 4. The molecule has 4 aromatic rings. The Bertz CT molecular complexity index is 1370. The molecule has 0 bridgehead atoms. The van der Waals surface area contributed by atoms with Crippen LogP contribution in [0.3, 0.4) is 0 Å². The molecule has 0 radical (unpaired) electrons. The largest absolute Gasteiger partial charge is 0.464 e. The van der Waals surface area contributed by atoms with Crippen LogP contribution in [-0.2, 0) is 0 Å². The standard InChI is InChI=1S/C29H22F2N2O2/c30-29(31)35-27-13-7-5-11-23(27)28-33-25(22-10-4-6-12-26(22)34-28)18-24(32-33)21-16-14-20(15-17-21)19-8-2-1-3-9-19/h1-17,25,28-29H,18H2. The normalized spacial score (nSPS) is 18.5. The van der Waals surface area contributed by atoms with E-state index in [0.29, 0.717) is 12.0 Å². The predicted octanol–water partition coefficient (Wildman–Crippen LogP) is 7.20. The number of alkyl halides is 2. The summed E-state index contributed by atoms with van der Waals surface area (Å²) >= 11 is 0. The summed E-state index contributed by atoms with van der Waals surface area (Å²) in [5.41, 5.74) is 5.77. The highest BCUT2D eigenvalue weighted by atomic mass is 19.3. The molecular weight excluding hydrogens is 446 g/mol. The first-order valence-corrected chi connectivity index (χ1v) is 11.5. The van der Waals surface area contributed by atoms with E-state index in [0.717, 1.165) is 33.7 Å². The van der Waals surface area contributed by atoms with Crippen LogP contribution in [0.2, 0.25) is 0 Å². The molecule has 0 spiro atoms. The van der Waals surface area contributed by atoms with Crippen LogP contribution in [0, 0.1) is 0 Å². The first kappa shape index (κ1) is 21.4. The van der Waals surface area contributed by atoms with Gasteiger partial charge in [0.15, 0.2) is 0 Å². The third-order valence-corrected chi connectivity index (χ3v) is 6.43. The van der Waals surface area contributed by atoms with E-state index in [9.17, 15) is 8.78 Å².